The zero-order chi connectivity index (χ0) is 18.7. The third-order valence-corrected chi connectivity index (χ3v) is 7.99. The molecule has 1 N–H and O–H groups in total. The maximum absolute atomic E-state index is 12.8. The first-order valence-electron chi connectivity index (χ1n) is 8.76. The second-order valence-electron chi connectivity index (χ2n) is 6.77. The Morgan fingerprint density at radius 1 is 1.19 bits per heavy atom. The van der Waals surface area contributed by atoms with E-state index in [4.69, 9.17) is 0 Å². The molecular weight excluding hydrogens is 368 g/mol. The molecule has 1 amide bonds. The minimum atomic E-state index is -3.51. The standard InChI is InChI=1S/C19H24N2O3S2/c1-14-5-8-16(9-6-14)12-20-19(22)17-4-3-11-21(13-17)26(23,24)18-10-7-15(2)25-18/h5-10,17H,3-4,11-13H2,1-2H3,(H,20,22). The molecule has 1 atom stereocenters. The van der Waals surface area contributed by atoms with Crippen molar-refractivity contribution in [3.05, 3.63) is 52.4 Å². The zero-order valence-corrected chi connectivity index (χ0v) is 16.7. The first-order chi connectivity index (χ1) is 12.4. The average molecular weight is 393 g/mol. The zero-order valence-electron chi connectivity index (χ0n) is 15.1. The Hall–Kier alpha value is -1.70. The van der Waals surface area contributed by atoms with Crippen LogP contribution in [-0.2, 0) is 21.4 Å². The Bertz CT molecular complexity index is 872. The molecular formula is C19H24N2O3S2. The van der Waals surface area contributed by atoms with Crippen molar-refractivity contribution in [2.75, 3.05) is 13.1 Å². The molecule has 3 rings (SSSR count). The number of benzene rings is 1. The van der Waals surface area contributed by atoms with Gasteiger partial charge in [-0.15, -0.1) is 11.3 Å². The summed E-state index contributed by atoms with van der Waals surface area (Å²) in [6, 6.07) is 11.5. The maximum Gasteiger partial charge on any atom is 0.252 e. The molecule has 1 aliphatic heterocycles. The van der Waals surface area contributed by atoms with Crippen LogP contribution >= 0.6 is 11.3 Å². The van der Waals surface area contributed by atoms with Crippen LogP contribution < -0.4 is 5.32 Å². The number of piperidine rings is 1. The molecule has 1 unspecified atom stereocenters. The predicted octanol–water partition coefficient (Wildman–Crippen LogP) is 3.08. The van der Waals surface area contributed by atoms with E-state index >= 15 is 0 Å². The van der Waals surface area contributed by atoms with E-state index in [1.54, 1.807) is 6.07 Å². The molecule has 1 aromatic heterocycles. The highest BCUT2D eigenvalue weighted by molar-refractivity contribution is 7.91. The summed E-state index contributed by atoms with van der Waals surface area (Å²) in [4.78, 5) is 13.5. The van der Waals surface area contributed by atoms with E-state index in [-0.39, 0.29) is 18.4 Å². The minimum absolute atomic E-state index is 0.0761. The number of thiophene rings is 1. The van der Waals surface area contributed by atoms with E-state index in [0.29, 0.717) is 23.7 Å². The molecule has 26 heavy (non-hydrogen) atoms. The Balaban J connectivity index is 1.62. The molecule has 0 aliphatic carbocycles. The van der Waals surface area contributed by atoms with E-state index in [1.807, 2.05) is 44.2 Å². The molecule has 1 aliphatic rings. The molecule has 0 bridgehead atoms. The van der Waals surface area contributed by atoms with Crippen LogP contribution in [0.1, 0.15) is 28.8 Å². The van der Waals surface area contributed by atoms with Gasteiger partial charge in [0.25, 0.3) is 10.0 Å². The second kappa shape index (κ2) is 7.90. The van der Waals surface area contributed by atoms with Crippen molar-refractivity contribution in [2.24, 2.45) is 5.92 Å². The second-order valence-corrected chi connectivity index (χ2v) is 10.2. The number of carbonyl (C=O) groups excluding carboxylic acids is 1. The van der Waals surface area contributed by atoms with Crippen molar-refractivity contribution < 1.29 is 13.2 Å². The lowest BCUT2D eigenvalue weighted by Crippen LogP contribution is -2.45. The first kappa shape index (κ1) is 19.1. The molecule has 2 heterocycles. The van der Waals surface area contributed by atoms with Gasteiger partial charge in [-0.25, -0.2) is 8.42 Å². The average Bonchev–Trinajstić information content (AvgIpc) is 3.08. The number of nitrogens with one attached hydrogen (secondary N) is 1. The summed E-state index contributed by atoms with van der Waals surface area (Å²) in [5.41, 5.74) is 2.22. The van der Waals surface area contributed by atoms with Gasteiger partial charge in [-0.3, -0.25) is 4.79 Å². The summed E-state index contributed by atoms with van der Waals surface area (Å²) < 4.78 is 27.4. The topological polar surface area (TPSA) is 66.5 Å². The Morgan fingerprint density at radius 3 is 2.58 bits per heavy atom. The van der Waals surface area contributed by atoms with Gasteiger partial charge in [-0.1, -0.05) is 29.8 Å². The number of nitrogens with zero attached hydrogens (tertiary/aromatic N) is 1. The lowest BCUT2D eigenvalue weighted by molar-refractivity contribution is -0.126. The van der Waals surface area contributed by atoms with Gasteiger partial charge in [-0.05, 0) is 44.4 Å². The first-order valence-corrected chi connectivity index (χ1v) is 11.0. The van der Waals surface area contributed by atoms with Gasteiger partial charge in [0.2, 0.25) is 5.91 Å². The largest absolute Gasteiger partial charge is 0.352 e. The summed E-state index contributed by atoms with van der Waals surface area (Å²) in [7, 11) is -3.51. The molecule has 7 heteroatoms. The quantitative estimate of drug-likeness (QED) is 0.850. The summed E-state index contributed by atoms with van der Waals surface area (Å²) in [5, 5.41) is 2.95. The van der Waals surface area contributed by atoms with Crippen LogP contribution in [0.2, 0.25) is 0 Å². The highest BCUT2D eigenvalue weighted by atomic mass is 32.2. The number of amides is 1. The summed E-state index contributed by atoms with van der Waals surface area (Å²) >= 11 is 1.28. The number of hydrogen-bond acceptors (Lipinski definition) is 4. The minimum Gasteiger partial charge on any atom is -0.352 e. The van der Waals surface area contributed by atoms with Crippen molar-refractivity contribution in [3.63, 3.8) is 0 Å². The van der Waals surface area contributed by atoms with Crippen LogP contribution in [0.4, 0.5) is 0 Å². The molecule has 140 valence electrons. The van der Waals surface area contributed by atoms with Crippen LogP contribution in [0.5, 0.6) is 0 Å². The van der Waals surface area contributed by atoms with E-state index in [1.165, 1.54) is 21.2 Å². The van der Waals surface area contributed by atoms with Crippen LogP contribution in [0.15, 0.2) is 40.6 Å². The lowest BCUT2D eigenvalue weighted by Gasteiger charge is -2.30. The van der Waals surface area contributed by atoms with Gasteiger partial charge in [0.05, 0.1) is 5.92 Å². The molecule has 5 nitrogen and oxygen atoms in total. The Labute approximate surface area is 159 Å². The third-order valence-electron chi connectivity index (χ3n) is 4.65. The number of rotatable bonds is 5. The molecule has 1 fully saturated rings. The van der Waals surface area contributed by atoms with Crippen molar-refractivity contribution in [1.29, 1.82) is 0 Å². The van der Waals surface area contributed by atoms with E-state index in [9.17, 15) is 13.2 Å². The maximum atomic E-state index is 12.8. The van der Waals surface area contributed by atoms with Gasteiger partial charge in [0, 0.05) is 24.5 Å². The van der Waals surface area contributed by atoms with Gasteiger partial charge >= 0.3 is 0 Å². The lowest BCUT2D eigenvalue weighted by atomic mass is 9.98. The fraction of sp³-hybridized carbons (Fsp3) is 0.421. The molecule has 2 aromatic rings. The number of sulfonamides is 1. The van der Waals surface area contributed by atoms with Gasteiger partial charge in [-0.2, -0.15) is 4.31 Å². The SMILES string of the molecule is Cc1ccc(CNC(=O)C2CCCN(S(=O)(=O)c3ccc(C)s3)C2)cc1. The summed E-state index contributed by atoms with van der Waals surface area (Å²) in [6.07, 6.45) is 1.42. The number of hydrogen-bond donors (Lipinski definition) is 1. The van der Waals surface area contributed by atoms with Crippen molar-refractivity contribution in [1.82, 2.24) is 9.62 Å². The Kier molecular flexibility index (Phi) is 5.79. The fourth-order valence-electron chi connectivity index (χ4n) is 3.09. The molecule has 0 radical (unpaired) electrons. The summed E-state index contributed by atoms with van der Waals surface area (Å²) in [6.45, 7) is 5.10. The predicted molar refractivity (Wildman–Crippen MR) is 104 cm³/mol. The highest BCUT2D eigenvalue weighted by Crippen LogP contribution is 2.28. The Morgan fingerprint density at radius 2 is 1.92 bits per heavy atom. The van der Waals surface area contributed by atoms with Crippen LogP contribution in [0, 0.1) is 19.8 Å². The van der Waals surface area contributed by atoms with Crippen LogP contribution in [-0.4, -0.2) is 31.7 Å². The molecule has 1 saturated heterocycles. The van der Waals surface area contributed by atoms with Gasteiger partial charge < -0.3 is 5.32 Å². The van der Waals surface area contributed by atoms with Gasteiger partial charge in [0.15, 0.2) is 0 Å². The smallest absolute Gasteiger partial charge is 0.252 e. The monoisotopic (exact) mass is 392 g/mol. The van der Waals surface area contributed by atoms with E-state index in [0.717, 1.165) is 16.9 Å². The van der Waals surface area contributed by atoms with Crippen LogP contribution in [0.25, 0.3) is 0 Å². The fourth-order valence-corrected chi connectivity index (χ4v) is 6.05. The normalized spacial score (nSPS) is 18.6. The third kappa shape index (κ3) is 4.34. The molecule has 1 aromatic carbocycles. The van der Waals surface area contributed by atoms with E-state index in [2.05, 4.69) is 5.32 Å². The van der Waals surface area contributed by atoms with Crippen molar-refractivity contribution >= 4 is 27.3 Å². The van der Waals surface area contributed by atoms with Crippen LogP contribution in [0.3, 0.4) is 0 Å². The molecule has 0 spiro atoms. The molecule has 0 saturated carbocycles. The highest BCUT2D eigenvalue weighted by Gasteiger charge is 2.33. The van der Waals surface area contributed by atoms with Crippen molar-refractivity contribution in [2.45, 2.75) is 37.4 Å². The van der Waals surface area contributed by atoms with Crippen molar-refractivity contribution in [3.8, 4) is 0 Å². The van der Waals surface area contributed by atoms with Gasteiger partial charge in [0.1, 0.15) is 4.21 Å². The number of aryl methyl sites for hydroxylation is 2. The number of carbonyl (C=O) groups is 1. The summed E-state index contributed by atoms with van der Waals surface area (Å²) in [5.74, 6) is -0.377. The van der Waals surface area contributed by atoms with E-state index < -0.39 is 10.0 Å².